The zero-order chi connectivity index (χ0) is 13.1. The Morgan fingerprint density at radius 2 is 2.06 bits per heavy atom. The fourth-order valence-corrected chi connectivity index (χ4v) is 1.45. The van der Waals surface area contributed by atoms with Crippen LogP contribution in [0.5, 0.6) is 0 Å². The quantitative estimate of drug-likeness (QED) is 0.873. The van der Waals surface area contributed by atoms with Crippen LogP contribution < -0.4 is 5.32 Å². The van der Waals surface area contributed by atoms with Crippen LogP contribution >= 0.6 is 0 Å². The molecule has 0 fully saturated rings. The van der Waals surface area contributed by atoms with Gasteiger partial charge in [0.1, 0.15) is 0 Å². The van der Waals surface area contributed by atoms with E-state index >= 15 is 0 Å². The van der Waals surface area contributed by atoms with Crippen LogP contribution in [0.1, 0.15) is 51.4 Å². The normalized spacial score (nSPS) is 13.2. The van der Waals surface area contributed by atoms with Crippen LogP contribution in [0.4, 0.5) is 0 Å². The molecule has 17 heavy (non-hydrogen) atoms. The first-order chi connectivity index (χ1) is 7.84. The Kier molecular flexibility index (Phi) is 4.27. The SMILES string of the molecule is CCC(NC(=O)C(C)(C)C)c1ccc(C)cn1. The first kappa shape index (κ1) is 13.7. The molecule has 3 nitrogen and oxygen atoms in total. The number of aromatic nitrogens is 1. The summed E-state index contributed by atoms with van der Waals surface area (Å²) in [6.07, 6.45) is 2.68. The molecule has 1 aromatic heterocycles. The Morgan fingerprint density at radius 3 is 2.47 bits per heavy atom. The summed E-state index contributed by atoms with van der Waals surface area (Å²) in [6.45, 7) is 9.80. The van der Waals surface area contributed by atoms with Crippen molar-refractivity contribution in [1.29, 1.82) is 0 Å². The van der Waals surface area contributed by atoms with E-state index in [2.05, 4.69) is 17.2 Å². The summed E-state index contributed by atoms with van der Waals surface area (Å²) in [7, 11) is 0. The van der Waals surface area contributed by atoms with Crippen molar-refractivity contribution in [2.24, 2.45) is 5.41 Å². The van der Waals surface area contributed by atoms with Crippen molar-refractivity contribution in [2.75, 3.05) is 0 Å². The highest BCUT2D eigenvalue weighted by Crippen LogP contribution is 2.19. The molecule has 1 aromatic rings. The Balaban J connectivity index is 2.79. The van der Waals surface area contributed by atoms with Crippen LogP contribution in [0.3, 0.4) is 0 Å². The largest absolute Gasteiger partial charge is 0.347 e. The molecule has 1 unspecified atom stereocenters. The zero-order valence-electron chi connectivity index (χ0n) is 11.4. The van der Waals surface area contributed by atoms with Gasteiger partial charge < -0.3 is 5.32 Å². The van der Waals surface area contributed by atoms with E-state index in [-0.39, 0.29) is 17.4 Å². The minimum Gasteiger partial charge on any atom is -0.347 e. The Hall–Kier alpha value is -1.38. The van der Waals surface area contributed by atoms with E-state index < -0.39 is 0 Å². The average molecular weight is 234 g/mol. The van der Waals surface area contributed by atoms with Gasteiger partial charge in [0.05, 0.1) is 11.7 Å². The molecule has 0 saturated carbocycles. The second-order valence-corrected chi connectivity index (χ2v) is 5.44. The maximum atomic E-state index is 11.9. The van der Waals surface area contributed by atoms with Gasteiger partial charge in [-0.2, -0.15) is 0 Å². The molecule has 3 heteroatoms. The Morgan fingerprint density at radius 1 is 1.41 bits per heavy atom. The van der Waals surface area contributed by atoms with Gasteiger partial charge in [0.15, 0.2) is 0 Å². The van der Waals surface area contributed by atoms with Gasteiger partial charge in [-0.25, -0.2) is 0 Å². The van der Waals surface area contributed by atoms with E-state index in [4.69, 9.17) is 0 Å². The summed E-state index contributed by atoms with van der Waals surface area (Å²) in [6, 6.07) is 4.00. The minimum atomic E-state index is -0.363. The lowest BCUT2D eigenvalue weighted by atomic mass is 9.94. The van der Waals surface area contributed by atoms with E-state index in [9.17, 15) is 4.79 Å². The lowest BCUT2D eigenvalue weighted by Crippen LogP contribution is -2.37. The summed E-state index contributed by atoms with van der Waals surface area (Å²) in [4.78, 5) is 16.3. The molecule has 0 aliphatic heterocycles. The predicted octanol–water partition coefficient (Wildman–Crippen LogP) is 3.00. The number of hydrogen-bond donors (Lipinski definition) is 1. The third kappa shape index (κ3) is 3.84. The number of amides is 1. The van der Waals surface area contributed by atoms with Gasteiger partial charge in [-0.1, -0.05) is 33.8 Å². The summed E-state index contributed by atoms with van der Waals surface area (Å²) < 4.78 is 0. The van der Waals surface area contributed by atoms with E-state index in [0.29, 0.717) is 0 Å². The molecule has 1 rings (SSSR count). The van der Waals surface area contributed by atoms with E-state index in [1.807, 2.05) is 46.0 Å². The highest BCUT2D eigenvalue weighted by atomic mass is 16.2. The monoisotopic (exact) mass is 234 g/mol. The fraction of sp³-hybridized carbons (Fsp3) is 0.571. The van der Waals surface area contributed by atoms with Crippen LogP contribution in [0, 0.1) is 12.3 Å². The number of hydrogen-bond acceptors (Lipinski definition) is 2. The van der Waals surface area contributed by atoms with E-state index in [1.54, 1.807) is 0 Å². The Bertz CT molecular complexity index is 376. The predicted molar refractivity (Wildman–Crippen MR) is 69.6 cm³/mol. The molecule has 94 valence electrons. The summed E-state index contributed by atoms with van der Waals surface area (Å²) in [5.41, 5.74) is 1.69. The fourth-order valence-electron chi connectivity index (χ4n) is 1.45. The molecule has 0 aliphatic rings. The maximum absolute atomic E-state index is 11.9. The van der Waals surface area contributed by atoms with Crippen LogP contribution in [0.15, 0.2) is 18.3 Å². The number of carbonyl (C=O) groups is 1. The Labute approximate surface area is 104 Å². The highest BCUT2D eigenvalue weighted by Gasteiger charge is 2.24. The van der Waals surface area contributed by atoms with Crippen molar-refractivity contribution < 1.29 is 4.79 Å². The first-order valence-electron chi connectivity index (χ1n) is 6.08. The van der Waals surface area contributed by atoms with Crippen molar-refractivity contribution in [3.8, 4) is 0 Å². The molecule has 1 atom stereocenters. The molecule has 0 saturated heterocycles. The molecular weight excluding hydrogens is 212 g/mol. The standard InChI is InChI=1S/C14H22N2O/c1-6-11(16-13(17)14(3,4)5)12-8-7-10(2)9-15-12/h7-9,11H,6H2,1-5H3,(H,16,17). The number of rotatable bonds is 3. The smallest absolute Gasteiger partial charge is 0.225 e. The van der Waals surface area contributed by atoms with Gasteiger partial charge in [0.25, 0.3) is 0 Å². The summed E-state index contributed by atoms with van der Waals surface area (Å²) in [5, 5.41) is 3.04. The van der Waals surface area contributed by atoms with Gasteiger partial charge in [-0.05, 0) is 25.0 Å². The zero-order valence-corrected chi connectivity index (χ0v) is 11.4. The molecule has 0 aromatic carbocycles. The van der Waals surface area contributed by atoms with Crippen molar-refractivity contribution in [3.63, 3.8) is 0 Å². The lowest BCUT2D eigenvalue weighted by molar-refractivity contribution is -0.129. The first-order valence-corrected chi connectivity index (χ1v) is 6.08. The van der Waals surface area contributed by atoms with Crippen molar-refractivity contribution in [3.05, 3.63) is 29.6 Å². The van der Waals surface area contributed by atoms with Gasteiger partial charge in [-0.15, -0.1) is 0 Å². The van der Waals surface area contributed by atoms with Crippen LogP contribution in [0.2, 0.25) is 0 Å². The lowest BCUT2D eigenvalue weighted by Gasteiger charge is -2.23. The summed E-state index contributed by atoms with van der Waals surface area (Å²) in [5.74, 6) is 0.0618. The van der Waals surface area contributed by atoms with Gasteiger partial charge in [0, 0.05) is 11.6 Å². The topological polar surface area (TPSA) is 42.0 Å². The number of nitrogens with zero attached hydrogens (tertiary/aromatic N) is 1. The molecule has 0 radical (unpaired) electrons. The highest BCUT2D eigenvalue weighted by molar-refractivity contribution is 5.81. The maximum Gasteiger partial charge on any atom is 0.225 e. The van der Waals surface area contributed by atoms with Crippen LogP contribution in [-0.2, 0) is 4.79 Å². The van der Waals surface area contributed by atoms with E-state index in [1.165, 1.54) is 0 Å². The molecule has 1 N–H and O–H groups in total. The van der Waals surface area contributed by atoms with Crippen molar-refractivity contribution in [1.82, 2.24) is 10.3 Å². The molecule has 0 bridgehead atoms. The molecule has 1 amide bonds. The molecule has 0 aliphatic carbocycles. The molecule has 1 heterocycles. The number of pyridine rings is 1. The van der Waals surface area contributed by atoms with Gasteiger partial charge in [0.2, 0.25) is 5.91 Å². The molecule has 0 spiro atoms. The summed E-state index contributed by atoms with van der Waals surface area (Å²) >= 11 is 0. The van der Waals surface area contributed by atoms with E-state index in [0.717, 1.165) is 17.7 Å². The average Bonchev–Trinajstić information content (AvgIpc) is 2.25. The number of nitrogens with one attached hydrogen (secondary N) is 1. The molecular formula is C14H22N2O. The van der Waals surface area contributed by atoms with Gasteiger partial charge in [-0.3, -0.25) is 9.78 Å². The van der Waals surface area contributed by atoms with Crippen molar-refractivity contribution >= 4 is 5.91 Å². The second-order valence-electron chi connectivity index (χ2n) is 5.44. The number of carbonyl (C=O) groups excluding carboxylic acids is 1. The minimum absolute atomic E-state index is 0.00215. The third-order valence-corrected chi connectivity index (χ3v) is 2.69. The van der Waals surface area contributed by atoms with Crippen molar-refractivity contribution in [2.45, 2.75) is 47.1 Å². The second kappa shape index (κ2) is 5.30. The van der Waals surface area contributed by atoms with Crippen LogP contribution in [-0.4, -0.2) is 10.9 Å². The van der Waals surface area contributed by atoms with Crippen LogP contribution in [0.25, 0.3) is 0 Å². The number of aryl methyl sites for hydroxylation is 1. The third-order valence-electron chi connectivity index (χ3n) is 2.69. The van der Waals surface area contributed by atoms with Gasteiger partial charge >= 0.3 is 0 Å².